The molecule has 1 heterocycles. The average molecular weight is 197 g/mol. The van der Waals surface area contributed by atoms with Crippen LogP contribution in [0, 0.1) is 11.8 Å². The van der Waals surface area contributed by atoms with Crippen molar-refractivity contribution in [1.82, 2.24) is 5.32 Å². The van der Waals surface area contributed by atoms with Gasteiger partial charge in [-0.3, -0.25) is 0 Å². The van der Waals surface area contributed by atoms with Crippen molar-refractivity contribution in [1.29, 1.82) is 0 Å². The fourth-order valence-corrected chi connectivity index (χ4v) is 2.62. The third kappa shape index (κ3) is 1.57. The van der Waals surface area contributed by atoms with Crippen molar-refractivity contribution in [3.05, 3.63) is 0 Å². The highest BCUT2D eigenvalue weighted by molar-refractivity contribution is 5.80. The van der Waals surface area contributed by atoms with Crippen LogP contribution in [0.2, 0.25) is 0 Å². The van der Waals surface area contributed by atoms with Crippen molar-refractivity contribution in [3.63, 3.8) is 0 Å². The molecule has 2 aliphatic rings. The number of guanidine groups is 1. The molecular formula is C9H19N5. The zero-order valence-corrected chi connectivity index (χ0v) is 8.32. The third-order valence-corrected chi connectivity index (χ3v) is 3.48. The smallest absolute Gasteiger partial charge is 0.189 e. The molecule has 5 nitrogen and oxygen atoms in total. The number of rotatable bonds is 2. The molecule has 5 heteroatoms. The zero-order chi connectivity index (χ0) is 10.1. The summed E-state index contributed by atoms with van der Waals surface area (Å²) >= 11 is 0. The Hall–Kier alpha value is -0.810. The first-order valence-corrected chi connectivity index (χ1v) is 5.24. The van der Waals surface area contributed by atoms with Crippen LogP contribution in [0.25, 0.3) is 0 Å². The van der Waals surface area contributed by atoms with Gasteiger partial charge in [0.05, 0.1) is 12.1 Å². The molecule has 1 aliphatic heterocycles. The fourth-order valence-electron chi connectivity index (χ4n) is 2.62. The van der Waals surface area contributed by atoms with Gasteiger partial charge in [-0.05, 0) is 37.8 Å². The number of fused-ring (bicyclic) bond motifs is 1. The highest BCUT2D eigenvalue weighted by Gasteiger charge is 2.38. The molecule has 1 aliphatic carbocycles. The van der Waals surface area contributed by atoms with E-state index < -0.39 is 0 Å². The van der Waals surface area contributed by atoms with E-state index in [1.807, 2.05) is 0 Å². The molecule has 0 saturated heterocycles. The van der Waals surface area contributed by atoms with Crippen molar-refractivity contribution in [2.45, 2.75) is 24.9 Å². The fraction of sp³-hybridized carbons (Fsp3) is 0.889. The number of hydrogen-bond acceptors (Lipinski definition) is 5. The second kappa shape index (κ2) is 3.74. The molecule has 0 aromatic heterocycles. The number of nitrogens with zero attached hydrogens (tertiary/aromatic N) is 1. The van der Waals surface area contributed by atoms with Crippen molar-refractivity contribution >= 4 is 5.96 Å². The maximum absolute atomic E-state index is 5.73. The van der Waals surface area contributed by atoms with Gasteiger partial charge in [0.15, 0.2) is 5.96 Å². The highest BCUT2D eigenvalue weighted by Crippen LogP contribution is 2.32. The summed E-state index contributed by atoms with van der Waals surface area (Å²) in [6.45, 7) is 1.42. The molecule has 0 aromatic carbocycles. The Morgan fingerprint density at radius 3 is 2.50 bits per heavy atom. The summed E-state index contributed by atoms with van der Waals surface area (Å²) in [7, 11) is 0. The predicted octanol–water partition coefficient (Wildman–Crippen LogP) is -1.41. The maximum Gasteiger partial charge on any atom is 0.189 e. The van der Waals surface area contributed by atoms with E-state index in [4.69, 9.17) is 17.2 Å². The first-order chi connectivity index (χ1) is 6.74. The lowest BCUT2D eigenvalue weighted by Gasteiger charge is -2.36. The van der Waals surface area contributed by atoms with Gasteiger partial charge in [0.1, 0.15) is 0 Å². The maximum atomic E-state index is 5.73. The van der Waals surface area contributed by atoms with Crippen LogP contribution in [0.4, 0.5) is 0 Å². The molecule has 7 N–H and O–H groups in total. The summed E-state index contributed by atoms with van der Waals surface area (Å²) in [4.78, 5) is 4.36. The van der Waals surface area contributed by atoms with Gasteiger partial charge in [-0.15, -0.1) is 0 Å². The number of aliphatic imine (C=N–C) groups is 1. The number of nitrogens with two attached hydrogens (primary N) is 3. The molecule has 2 rings (SSSR count). The van der Waals surface area contributed by atoms with Gasteiger partial charge in [-0.2, -0.15) is 0 Å². The van der Waals surface area contributed by atoms with Crippen LogP contribution < -0.4 is 22.5 Å². The summed E-state index contributed by atoms with van der Waals surface area (Å²) in [5, 5.41) is 3.20. The van der Waals surface area contributed by atoms with Gasteiger partial charge in [-0.1, -0.05) is 0 Å². The molecular weight excluding hydrogens is 178 g/mol. The lowest BCUT2D eigenvalue weighted by molar-refractivity contribution is 0.204. The van der Waals surface area contributed by atoms with E-state index in [0.717, 1.165) is 12.8 Å². The molecule has 2 unspecified atom stereocenters. The topological polar surface area (TPSA) is 102 Å². The van der Waals surface area contributed by atoms with Crippen LogP contribution in [0.5, 0.6) is 0 Å². The summed E-state index contributed by atoms with van der Waals surface area (Å²) < 4.78 is 0. The Balaban J connectivity index is 2.04. The first-order valence-electron chi connectivity index (χ1n) is 5.24. The summed E-state index contributed by atoms with van der Waals surface area (Å²) in [5.74, 6) is 1.61. The largest absolute Gasteiger partial charge is 0.370 e. The van der Waals surface area contributed by atoms with Gasteiger partial charge in [0.2, 0.25) is 0 Å². The molecule has 1 fully saturated rings. The lowest BCUT2D eigenvalue weighted by Crippen LogP contribution is -2.47. The average Bonchev–Trinajstić information content (AvgIpc) is 2.54. The first kappa shape index (κ1) is 9.73. The Morgan fingerprint density at radius 2 is 1.86 bits per heavy atom. The Bertz CT molecular complexity index is 239. The van der Waals surface area contributed by atoms with E-state index in [1.54, 1.807) is 0 Å². The van der Waals surface area contributed by atoms with Crippen LogP contribution in [0.1, 0.15) is 12.8 Å². The molecule has 0 bridgehead atoms. The van der Waals surface area contributed by atoms with E-state index in [0.29, 0.717) is 43.0 Å². The van der Waals surface area contributed by atoms with Crippen LogP contribution in [0.15, 0.2) is 4.99 Å². The molecule has 0 radical (unpaired) electrons. The van der Waals surface area contributed by atoms with Crippen molar-refractivity contribution in [2.24, 2.45) is 34.0 Å². The van der Waals surface area contributed by atoms with Crippen molar-refractivity contribution in [2.75, 3.05) is 13.1 Å². The highest BCUT2D eigenvalue weighted by atomic mass is 15.2. The number of hydrogen-bond donors (Lipinski definition) is 4. The van der Waals surface area contributed by atoms with E-state index in [2.05, 4.69) is 10.3 Å². The SMILES string of the molecule is NC[C@H]1CC2N=C(N)NC2C[C@@H]1CN. The van der Waals surface area contributed by atoms with Crippen LogP contribution in [0.3, 0.4) is 0 Å². The second-order valence-corrected chi connectivity index (χ2v) is 4.30. The summed E-state index contributed by atoms with van der Waals surface area (Å²) in [6.07, 6.45) is 2.07. The van der Waals surface area contributed by atoms with Gasteiger partial charge < -0.3 is 22.5 Å². The van der Waals surface area contributed by atoms with Crippen LogP contribution >= 0.6 is 0 Å². The predicted molar refractivity (Wildman–Crippen MR) is 56.7 cm³/mol. The third-order valence-electron chi connectivity index (χ3n) is 3.48. The minimum Gasteiger partial charge on any atom is -0.370 e. The molecule has 1 saturated carbocycles. The van der Waals surface area contributed by atoms with E-state index >= 15 is 0 Å². The molecule has 4 atom stereocenters. The monoisotopic (exact) mass is 197 g/mol. The molecule has 14 heavy (non-hydrogen) atoms. The van der Waals surface area contributed by atoms with E-state index in [1.165, 1.54) is 0 Å². The van der Waals surface area contributed by atoms with Crippen molar-refractivity contribution in [3.8, 4) is 0 Å². The van der Waals surface area contributed by atoms with Gasteiger partial charge >= 0.3 is 0 Å². The molecule has 0 spiro atoms. The Kier molecular flexibility index (Phi) is 2.60. The Labute approximate surface area is 84.1 Å². The van der Waals surface area contributed by atoms with Crippen molar-refractivity contribution < 1.29 is 0 Å². The molecule has 80 valence electrons. The standard InChI is InChI=1S/C9H19N5/c10-3-5-1-7-8(2-6(5)4-11)14-9(12)13-7/h5-8H,1-4,10-11H2,(H3,12,13,14)/t5-,6-,7?,8?/m1/s1. The quantitative estimate of drug-likeness (QED) is 0.436. The lowest BCUT2D eigenvalue weighted by atomic mass is 9.75. The van der Waals surface area contributed by atoms with Gasteiger partial charge in [0, 0.05) is 0 Å². The second-order valence-electron chi connectivity index (χ2n) is 4.30. The normalized spacial score (nSPS) is 41.4. The number of nitrogens with one attached hydrogen (secondary N) is 1. The van der Waals surface area contributed by atoms with Gasteiger partial charge in [0.25, 0.3) is 0 Å². The Morgan fingerprint density at radius 1 is 1.21 bits per heavy atom. The minimum atomic E-state index is 0.325. The summed E-state index contributed by atoms with van der Waals surface area (Å²) in [5.41, 5.74) is 17.1. The summed E-state index contributed by atoms with van der Waals surface area (Å²) in [6, 6.07) is 0.720. The zero-order valence-electron chi connectivity index (χ0n) is 8.32. The van der Waals surface area contributed by atoms with Gasteiger partial charge in [-0.25, -0.2) is 4.99 Å². The molecule has 0 aromatic rings. The van der Waals surface area contributed by atoms with E-state index in [-0.39, 0.29) is 0 Å². The van der Waals surface area contributed by atoms with Crippen LogP contribution in [-0.2, 0) is 0 Å². The van der Waals surface area contributed by atoms with Crippen LogP contribution in [-0.4, -0.2) is 31.1 Å². The van der Waals surface area contributed by atoms with E-state index in [9.17, 15) is 0 Å². The molecule has 0 amide bonds. The minimum absolute atomic E-state index is 0.325.